The number of anilines is 1. The molecule has 1 aromatic heterocycles. The number of amides is 2. The van der Waals surface area contributed by atoms with E-state index in [0.29, 0.717) is 0 Å². The van der Waals surface area contributed by atoms with E-state index in [1.807, 2.05) is 0 Å². The minimum Gasteiger partial charge on any atom is -0.459 e. The zero-order valence-electron chi connectivity index (χ0n) is 14.5. The van der Waals surface area contributed by atoms with Crippen LogP contribution in [0.15, 0.2) is 52.0 Å². The summed E-state index contributed by atoms with van der Waals surface area (Å²) in [4.78, 5) is 24.1. The van der Waals surface area contributed by atoms with Crippen molar-refractivity contribution in [3.05, 3.63) is 48.4 Å². The number of hydrogen-bond donors (Lipinski definition) is 4. The van der Waals surface area contributed by atoms with E-state index < -0.39 is 27.9 Å². The Morgan fingerprint density at radius 3 is 2.59 bits per heavy atom. The molecule has 2 aromatic rings. The van der Waals surface area contributed by atoms with Gasteiger partial charge in [-0.15, -0.1) is 12.4 Å². The van der Waals surface area contributed by atoms with Gasteiger partial charge < -0.3 is 20.8 Å². The summed E-state index contributed by atoms with van der Waals surface area (Å²) in [5, 5.41) is 5.05. The number of benzene rings is 1. The lowest BCUT2D eigenvalue weighted by Gasteiger charge is -2.14. The standard InChI is InChI=1S/C16H20N4O5S.ClH/c1-11(19-16(22)14-6-3-9-25-14)15(21)20-12-4-2-5-13(10-12)26(23,24)18-8-7-17;/h2-6,9-11,18H,7-8,17H2,1H3,(H,19,22)(H,20,21);1H. The summed E-state index contributed by atoms with van der Waals surface area (Å²) in [6.45, 7) is 1.77. The topological polar surface area (TPSA) is 144 Å². The molecule has 0 fully saturated rings. The van der Waals surface area contributed by atoms with E-state index in [1.165, 1.54) is 37.5 Å². The van der Waals surface area contributed by atoms with Crippen molar-refractivity contribution in [1.82, 2.24) is 10.0 Å². The fourth-order valence-electron chi connectivity index (χ4n) is 2.01. The first kappa shape index (κ1) is 22.6. The van der Waals surface area contributed by atoms with Crippen LogP contribution in [0.3, 0.4) is 0 Å². The minimum atomic E-state index is -3.71. The highest BCUT2D eigenvalue weighted by molar-refractivity contribution is 7.89. The van der Waals surface area contributed by atoms with Crippen molar-refractivity contribution in [2.75, 3.05) is 18.4 Å². The maximum atomic E-state index is 12.2. The summed E-state index contributed by atoms with van der Waals surface area (Å²) < 4.78 is 31.5. The first-order valence-corrected chi connectivity index (χ1v) is 9.27. The van der Waals surface area contributed by atoms with Gasteiger partial charge in [-0.05, 0) is 37.3 Å². The second kappa shape index (κ2) is 10.1. The zero-order valence-corrected chi connectivity index (χ0v) is 16.1. The molecule has 0 saturated heterocycles. The molecule has 0 spiro atoms. The quantitative estimate of drug-likeness (QED) is 0.498. The van der Waals surface area contributed by atoms with Crippen LogP contribution >= 0.6 is 12.4 Å². The minimum absolute atomic E-state index is 0. The van der Waals surface area contributed by atoms with Crippen LogP contribution in [0, 0.1) is 0 Å². The zero-order chi connectivity index (χ0) is 19.2. The van der Waals surface area contributed by atoms with Crippen LogP contribution in [0.4, 0.5) is 5.69 Å². The molecule has 2 rings (SSSR count). The van der Waals surface area contributed by atoms with Gasteiger partial charge >= 0.3 is 0 Å². The monoisotopic (exact) mass is 416 g/mol. The number of halogens is 1. The molecule has 0 aliphatic heterocycles. The van der Waals surface area contributed by atoms with Crippen molar-refractivity contribution >= 4 is 39.9 Å². The van der Waals surface area contributed by atoms with Crippen LogP contribution in [0.1, 0.15) is 17.5 Å². The van der Waals surface area contributed by atoms with Gasteiger partial charge in [0.25, 0.3) is 5.91 Å². The molecule has 148 valence electrons. The lowest BCUT2D eigenvalue weighted by molar-refractivity contribution is -0.117. The second-order valence-corrected chi connectivity index (χ2v) is 7.14. The molecule has 1 aromatic carbocycles. The van der Waals surface area contributed by atoms with Crippen LogP contribution in [-0.4, -0.2) is 39.4 Å². The van der Waals surface area contributed by atoms with Crippen LogP contribution < -0.4 is 21.1 Å². The fourth-order valence-corrected chi connectivity index (χ4v) is 3.10. The molecular formula is C16H21ClN4O5S. The predicted octanol–water partition coefficient (Wildman–Crippen LogP) is 0.695. The predicted molar refractivity (Wildman–Crippen MR) is 102 cm³/mol. The van der Waals surface area contributed by atoms with Gasteiger partial charge in [0, 0.05) is 18.8 Å². The van der Waals surface area contributed by atoms with Gasteiger partial charge in [-0.25, -0.2) is 13.1 Å². The van der Waals surface area contributed by atoms with Gasteiger partial charge in [-0.1, -0.05) is 6.07 Å². The van der Waals surface area contributed by atoms with Gasteiger partial charge in [-0.3, -0.25) is 9.59 Å². The Kier molecular flexibility index (Phi) is 8.44. The highest BCUT2D eigenvalue weighted by atomic mass is 35.5. The van der Waals surface area contributed by atoms with Gasteiger partial charge in [0.15, 0.2) is 5.76 Å². The fraction of sp³-hybridized carbons (Fsp3) is 0.250. The van der Waals surface area contributed by atoms with Crippen LogP contribution in [0.2, 0.25) is 0 Å². The molecule has 0 bridgehead atoms. The normalized spacial score (nSPS) is 11.9. The van der Waals surface area contributed by atoms with E-state index in [0.717, 1.165) is 0 Å². The van der Waals surface area contributed by atoms with Crippen LogP contribution in [0.5, 0.6) is 0 Å². The lowest BCUT2D eigenvalue weighted by Crippen LogP contribution is -2.41. The van der Waals surface area contributed by atoms with Crippen molar-refractivity contribution in [2.45, 2.75) is 17.9 Å². The number of nitrogens with one attached hydrogen (secondary N) is 3. The third-order valence-electron chi connectivity index (χ3n) is 3.33. The summed E-state index contributed by atoms with van der Waals surface area (Å²) in [6.07, 6.45) is 1.35. The Morgan fingerprint density at radius 2 is 1.96 bits per heavy atom. The van der Waals surface area contributed by atoms with Gasteiger partial charge in [0.1, 0.15) is 6.04 Å². The molecule has 27 heavy (non-hydrogen) atoms. The van der Waals surface area contributed by atoms with E-state index in [2.05, 4.69) is 15.4 Å². The summed E-state index contributed by atoms with van der Waals surface area (Å²) in [6, 6.07) is 7.93. The van der Waals surface area contributed by atoms with Crippen molar-refractivity contribution in [3.63, 3.8) is 0 Å². The maximum Gasteiger partial charge on any atom is 0.287 e. The first-order valence-electron chi connectivity index (χ1n) is 7.78. The second-order valence-electron chi connectivity index (χ2n) is 5.38. The van der Waals surface area contributed by atoms with E-state index in [1.54, 1.807) is 12.1 Å². The molecule has 1 unspecified atom stereocenters. The molecule has 1 atom stereocenters. The summed E-state index contributed by atoms with van der Waals surface area (Å²) in [5.41, 5.74) is 5.57. The van der Waals surface area contributed by atoms with E-state index in [9.17, 15) is 18.0 Å². The molecule has 0 saturated carbocycles. The smallest absolute Gasteiger partial charge is 0.287 e. The van der Waals surface area contributed by atoms with E-state index in [-0.39, 0.29) is 41.8 Å². The largest absolute Gasteiger partial charge is 0.459 e. The maximum absolute atomic E-state index is 12.2. The molecule has 0 aliphatic rings. The number of carbonyl (C=O) groups is 2. The average molecular weight is 417 g/mol. The third-order valence-corrected chi connectivity index (χ3v) is 4.79. The van der Waals surface area contributed by atoms with Gasteiger partial charge in [0.2, 0.25) is 15.9 Å². The van der Waals surface area contributed by atoms with Gasteiger partial charge in [0.05, 0.1) is 11.2 Å². The molecule has 0 radical (unpaired) electrons. The Morgan fingerprint density at radius 1 is 1.22 bits per heavy atom. The Hall–Kier alpha value is -2.40. The SMILES string of the molecule is CC(NC(=O)c1ccco1)C(=O)Nc1cccc(S(=O)(=O)NCCN)c1.Cl. The molecule has 9 nitrogen and oxygen atoms in total. The molecule has 0 aliphatic carbocycles. The van der Waals surface area contributed by atoms with E-state index in [4.69, 9.17) is 10.2 Å². The number of furan rings is 1. The van der Waals surface area contributed by atoms with Crippen LogP contribution in [-0.2, 0) is 14.8 Å². The lowest BCUT2D eigenvalue weighted by atomic mass is 10.2. The number of nitrogens with two attached hydrogens (primary N) is 1. The average Bonchev–Trinajstić information content (AvgIpc) is 3.15. The van der Waals surface area contributed by atoms with Crippen molar-refractivity contribution in [2.24, 2.45) is 5.73 Å². The summed E-state index contributed by atoms with van der Waals surface area (Å²) in [7, 11) is -3.71. The molecule has 5 N–H and O–H groups in total. The third kappa shape index (κ3) is 6.36. The van der Waals surface area contributed by atoms with Crippen molar-refractivity contribution < 1.29 is 22.4 Å². The van der Waals surface area contributed by atoms with Crippen LogP contribution in [0.25, 0.3) is 0 Å². The highest BCUT2D eigenvalue weighted by Gasteiger charge is 2.19. The van der Waals surface area contributed by atoms with Crippen molar-refractivity contribution in [1.29, 1.82) is 0 Å². The number of carbonyl (C=O) groups excluding carboxylic acids is 2. The van der Waals surface area contributed by atoms with E-state index >= 15 is 0 Å². The molecule has 1 heterocycles. The van der Waals surface area contributed by atoms with Crippen molar-refractivity contribution in [3.8, 4) is 0 Å². The number of sulfonamides is 1. The first-order chi connectivity index (χ1) is 12.3. The number of rotatable bonds is 8. The number of hydrogen-bond acceptors (Lipinski definition) is 6. The Labute approximate surface area is 163 Å². The molecule has 2 amide bonds. The summed E-state index contributed by atoms with van der Waals surface area (Å²) in [5.74, 6) is -0.946. The highest BCUT2D eigenvalue weighted by Crippen LogP contribution is 2.15. The molecule has 11 heteroatoms. The Balaban J connectivity index is 0.00000364. The van der Waals surface area contributed by atoms with Gasteiger partial charge in [-0.2, -0.15) is 0 Å². The molecular weight excluding hydrogens is 396 g/mol. The Bertz CT molecular complexity index is 871. The summed E-state index contributed by atoms with van der Waals surface area (Å²) >= 11 is 0.